The molecule has 1 heterocycles. The van der Waals surface area contributed by atoms with Gasteiger partial charge in [-0.15, -0.1) is 0 Å². The highest BCUT2D eigenvalue weighted by Gasteiger charge is 1.91. The van der Waals surface area contributed by atoms with Gasteiger partial charge in [0.2, 0.25) is 0 Å². The third-order valence-electron chi connectivity index (χ3n) is 1.89. The molecule has 0 radical (unpaired) electrons. The number of aromatic nitrogens is 2. The van der Waals surface area contributed by atoms with Gasteiger partial charge in [-0.25, -0.2) is 4.98 Å². The molecule has 0 atom stereocenters. The minimum Gasteiger partial charge on any atom is -0.260 e. The molecule has 2 aromatic rings. The summed E-state index contributed by atoms with van der Waals surface area (Å²) in [6.07, 6.45) is 5.06. The Kier molecular flexibility index (Phi) is 4.43. The first kappa shape index (κ1) is 12.0. The fraction of sp³-hybridized carbons (Fsp3) is 0.0769. The van der Waals surface area contributed by atoms with Gasteiger partial charge in [-0.05, 0) is 18.2 Å². The Labute approximate surface area is 109 Å². The van der Waals surface area contributed by atoms with Crippen molar-refractivity contribution in [2.45, 2.75) is 5.03 Å². The summed E-state index contributed by atoms with van der Waals surface area (Å²) in [6.45, 7) is 0. The second-order valence-corrected chi connectivity index (χ2v) is 4.58. The van der Waals surface area contributed by atoms with Crippen LogP contribution in [0.2, 0.25) is 5.02 Å². The monoisotopic (exact) mass is 260 g/mol. The lowest BCUT2D eigenvalue weighted by Gasteiger charge is -1.93. The molecule has 0 aliphatic carbocycles. The van der Waals surface area contributed by atoms with Crippen LogP contribution in [0.25, 0.3) is 0 Å². The zero-order valence-corrected chi connectivity index (χ0v) is 10.5. The molecule has 2 nitrogen and oxygen atoms in total. The molecule has 1 aromatic heterocycles. The Bertz CT molecular complexity index is 546. The van der Waals surface area contributed by atoms with Gasteiger partial charge in [0.15, 0.2) is 0 Å². The highest BCUT2D eigenvalue weighted by atomic mass is 35.5. The molecule has 4 heteroatoms. The summed E-state index contributed by atoms with van der Waals surface area (Å²) >= 11 is 7.43. The van der Waals surface area contributed by atoms with Crippen molar-refractivity contribution in [2.24, 2.45) is 0 Å². The lowest BCUT2D eigenvalue weighted by atomic mass is 10.2. The molecular formula is C13H9ClN2S. The molecule has 0 N–H and O–H groups in total. The molecule has 0 saturated carbocycles. The van der Waals surface area contributed by atoms with E-state index in [9.17, 15) is 0 Å². The van der Waals surface area contributed by atoms with Crippen LogP contribution >= 0.6 is 23.4 Å². The summed E-state index contributed by atoms with van der Waals surface area (Å²) in [5.41, 5.74) is 0.928. The van der Waals surface area contributed by atoms with E-state index in [0.29, 0.717) is 10.8 Å². The molecule has 0 bridgehead atoms. The molecule has 2 rings (SSSR count). The highest BCUT2D eigenvalue weighted by molar-refractivity contribution is 7.99. The average molecular weight is 261 g/mol. The summed E-state index contributed by atoms with van der Waals surface area (Å²) < 4.78 is 0. The van der Waals surface area contributed by atoms with Crippen molar-refractivity contribution >= 4 is 23.4 Å². The van der Waals surface area contributed by atoms with Crippen molar-refractivity contribution in [1.82, 2.24) is 9.97 Å². The predicted octanol–water partition coefficient (Wildman–Crippen LogP) is 3.27. The molecule has 0 fully saturated rings. The topological polar surface area (TPSA) is 25.8 Å². The van der Waals surface area contributed by atoms with Gasteiger partial charge in [0.1, 0.15) is 5.03 Å². The van der Waals surface area contributed by atoms with E-state index in [-0.39, 0.29) is 0 Å². The first-order valence-corrected chi connectivity index (χ1v) is 6.34. The van der Waals surface area contributed by atoms with Crippen LogP contribution in [0.15, 0.2) is 47.9 Å². The van der Waals surface area contributed by atoms with Crippen LogP contribution in [0.3, 0.4) is 0 Å². The number of hydrogen-bond acceptors (Lipinski definition) is 3. The van der Waals surface area contributed by atoms with E-state index in [1.165, 1.54) is 0 Å². The predicted molar refractivity (Wildman–Crippen MR) is 71.1 cm³/mol. The van der Waals surface area contributed by atoms with Gasteiger partial charge in [0.25, 0.3) is 0 Å². The minimum atomic E-state index is 0.686. The maximum Gasteiger partial charge on any atom is 0.115 e. The van der Waals surface area contributed by atoms with E-state index in [1.807, 2.05) is 24.3 Å². The molecule has 0 unspecified atom stereocenters. The Balaban J connectivity index is 1.91. The van der Waals surface area contributed by atoms with Crippen LogP contribution in [0, 0.1) is 11.8 Å². The van der Waals surface area contributed by atoms with Crippen LogP contribution in [0.5, 0.6) is 0 Å². The molecule has 84 valence electrons. The fourth-order valence-electron chi connectivity index (χ4n) is 1.17. The standard InChI is InChI=1S/C13H9ClN2S/c14-12-5-1-3-11(9-12)4-2-8-17-13-10-15-6-7-16-13/h1,3,5-7,9-10H,8H2. The second kappa shape index (κ2) is 6.29. The van der Waals surface area contributed by atoms with Gasteiger partial charge < -0.3 is 0 Å². The smallest absolute Gasteiger partial charge is 0.115 e. The van der Waals surface area contributed by atoms with Crippen LogP contribution in [-0.4, -0.2) is 15.7 Å². The Morgan fingerprint density at radius 1 is 1.29 bits per heavy atom. The summed E-state index contributed by atoms with van der Waals surface area (Å²) in [5, 5.41) is 1.59. The Morgan fingerprint density at radius 2 is 2.24 bits per heavy atom. The summed E-state index contributed by atoms with van der Waals surface area (Å²) in [5.74, 6) is 6.80. The summed E-state index contributed by atoms with van der Waals surface area (Å²) in [7, 11) is 0. The van der Waals surface area contributed by atoms with Crippen molar-refractivity contribution in [3.05, 3.63) is 53.4 Å². The zero-order chi connectivity index (χ0) is 11.9. The lowest BCUT2D eigenvalue weighted by molar-refractivity contribution is 1.06. The van der Waals surface area contributed by atoms with Crippen LogP contribution in [-0.2, 0) is 0 Å². The van der Waals surface area contributed by atoms with E-state index in [4.69, 9.17) is 11.6 Å². The minimum absolute atomic E-state index is 0.686. The maximum absolute atomic E-state index is 5.86. The number of nitrogens with zero attached hydrogens (tertiary/aromatic N) is 2. The number of benzene rings is 1. The highest BCUT2D eigenvalue weighted by Crippen LogP contribution is 2.12. The Hall–Kier alpha value is -1.50. The molecular weight excluding hydrogens is 252 g/mol. The average Bonchev–Trinajstić information content (AvgIpc) is 2.36. The largest absolute Gasteiger partial charge is 0.260 e. The van der Waals surface area contributed by atoms with Gasteiger partial charge >= 0.3 is 0 Å². The number of halogens is 1. The first-order valence-electron chi connectivity index (χ1n) is 4.98. The SMILES string of the molecule is Clc1cccc(C#CCSc2cnccn2)c1. The molecule has 0 aliphatic rings. The van der Waals surface area contributed by atoms with Crippen molar-refractivity contribution in [3.63, 3.8) is 0 Å². The first-order chi connectivity index (χ1) is 8.34. The normalized spacial score (nSPS) is 9.47. The van der Waals surface area contributed by atoms with E-state index in [2.05, 4.69) is 21.8 Å². The molecule has 0 aliphatic heterocycles. The van der Waals surface area contributed by atoms with E-state index >= 15 is 0 Å². The number of rotatable bonds is 2. The van der Waals surface area contributed by atoms with Crippen LogP contribution in [0.4, 0.5) is 0 Å². The van der Waals surface area contributed by atoms with Crippen molar-refractivity contribution in [3.8, 4) is 11.8 Å². The zero-order valence-electron chi connectivity index (χ0n) is 8.93. The number of thioether (sulfide) groups is 1. The maximum atomic E-state index is 5.86. The van der Waals surface area contributed by atoms with Crippen molar-refractivity contribution in [1.29, 1.82) is 0 Å². The van der Waals surface area contributed by atoms with E-state index in [0.717, 1.165) is 10.6 Å². The summed E-state index contributed by atoms with van der Waals surface area (Å²) in [6, 6.07) is 7.51. The third kappa shape index (κ3) is 4.10. The van der Waals surface area contributed by atoms with E-state index in [1.54, 1.807) is 30.4 Å². The van der Waals surface area contributed by atoms with Crippen molar-refractivity contribution in [2.75, 3.05) is 5.75 Å². The molecule has 1 aromatic carbocycles. The Morgan fingerprint density at radius 3 is 3.00 bits per heavy atom. The fourth-order valence-corrected chi connectivity index (χ4v) is 1.93. The second-order valence-electron chi connectivity index (χ2n) is 3.14. The van der Waals surface area contributed by atoms with Gasteiger partial charge in [-0.2, -0.15) is 0 Å². The van der Waals surface area contributed by atoms with Gasteiger partial charge in [-0.3, -0.25) is 4.98 Å². The van der Waals surface area contributed by atoms with Crippen LogP contribution < -0.4 is 0 Å². The van der Waals surface area contributed by atoms with Crippen LogP contribution in [0.1, 0.15) is 5.56 Å². The van der Waals surface area contributed by atoms with Gasteiger partial charge in [-0.1, -0.05) is 41.3 Å². The quantitative estimate of drug-likeness (QED) is 0.612. The van der Waals surface area contributed by atoms with Crippen molar-refractivity contribution < 1.29 is 0 Å². The van der Waals surface area contributed by atoms with E-state index < -0.39 is 0 Å². The molecule has 0 saturated heterocycles. The molecule has 0 amide bonds. The number of hydrogen-bond donors (Lipinski definition) is 0. The molecule has 0 spiro atoms. The van der Waals surface area contributed by atoms with Gasteiger partial charge in [0, 0.05) is 23.0 Å². The summed E-state index contributed by atoms with van der Waals surface area (Å²) in [4.78, 5) is 8.13. The third-order valence-corrected chi connectivity index (χ3v) is 2.92. The van der Waals surface area contributed by atoms with Gasteiger partial charge in [0.05, 0.1) is 11.9 Å². The lowest BCUT2D eigenvalue weighted by Crippen LogP contribution is -1.81. The molecule has 17 heavy (non-hydrogen) atoms.